The molecule has 1 aromatic carbocycles. The summed E-state index contributed by atoms with van der Waals surface area (Å²) in [4.78, 5) is 19.7. The molecule has 0 aliphatic heterocycles. The van der Waals surface area contributed by atoms with Crippen molar-refractivity contribution in [2.45, 2.75) is 26.2 Å². The fraction of sp³-hybridized carbons (Fsp3) is 0.263. The molecule has 1 fully saturated rings. The monoisotopic (exact) mass is 369 g/mol. The number of aromatic nitrogens is 3. The molecule has 3 aromatic rings. The Labute approximate surface area is 154 Å². The molecule has 132 valence electrons. The molecule has 0 bridgehead atoms. The van der Waals surface area contributed by atoms with Crippen molar-refractivity contribution in [3.8, 4) is 22.8 Å². The van der Waals surface area contributed by atoms with Crippen molar-refractivity contribution in [1.29, 1.82) is 0 Å². The van der Waals surface area contributed by atoms with Crippen molar-refractivity contribution < 1.29 is 14.4 Å². The Morgan fingerprint density at radius 3 is 2.77 bits per heavy atom. The average molecular weight is 370 g/mol. The predicted molar refractivity (Wildman–Crippen MR) is 95.9 cm³/mol. The molecule has 1 aliphatic rings. The normalized spacial score (nSPS) is 18.7. The molecule has 2 atom stereocenters. The number of carboxylic acids is 1. The molecule has 6 nitrogen and oxygen atoms in total. The van der Waals surface area contributed by atoms with Crippen LogP contribution in [0.2, 0.25) is 5.02 Å². The van der Waals surface area contributed by atoms with Gasteiger partial charge in [0.1, 0.15) is 0 Å². The van der Waals surface area contributed by atoms with E-state index in [0.29, 0.717) is 28.7 Å². The third-order valence-corrected chi connectivity index (χ3v) is 5.11. The molecule has 0 saturated heterocycles. The first kappa shape index (κ1) is 16.7. The van der Waals surface area contributed by atoms with E-state index in [4.69, 9.17) is 21.2 Å². The number of nitrogens with zero attached hydrogens (tertiary/aromatic N) is 3. The van der Waals surface area contributed by atoms with Gasteiger partial charge in [-0.2, -0.15) is 4.98 Å². The number of aryl methyl sites for hydroxylation is 2. The van der Waals surface area contributed by atoms with Crippen LogP contribution in [0.15, 0.2) is 35.0 Å². The average Bonchev–Trinajstić information content (AvgIpc) is 3.28. The van der Waals surface area contributed by atoms with Crippen LogP contribution in [0.25, 0.3) is 22.8 Å². The van der Waals surface area contributed by atoms with Gasteiger partial charge in [-0.15, -0.1) is 0 Å². The predicted octanol–water partition coefficient (Wildman–Crippen LogP) is 4.26. The molecule has 4 rings (SSSR count). The van der Waals surface area contributed by atoms with Crippen molar-refractivity contribution >= 4 is 17.6 Å². The van der Waals surface area contributed by atoms with Gasteiger partial charge in [0.25, 0.3) is 5.89 Å². The second kappa shape index (κ2) is 6.21. The fourth-order valence-corrected chi connectivity index (χ4v) is 3.24. The Morgan fingerprint density at radius 1 is 1.31 bits per heavy atom. The highest BCUT2D eigenvalue weighted by atomic mass is 35.5. The van der Waals surface area contributed by atoms with E-state index in [1.807, 2.05) is 32.0 Å². The highest BCUT2D eigenvalue weighted by molar-refractivity contribution is 6.31. The van der Waals surface area contributed by atoms with Gasteiger partial charge in [0.15, 0.2) is 0 Å². The number of hydrogen-bond acceptors (Lipinski definition) is 5. The maximum Gasteiger partial charge on any atom is 0.307 e. The Balaban J connectivity index is 1.61. The number of carbonyl (C=O) groups is 1. The van der Waals surface area contributed by atoms with E-state index in [9.17, 15) is 4.79 Å². The molecular weight excluding hydrogens is 354 g/mol. The number of aliphatic carboxylic acids is 1. The summed E-state index contributed by atoms with van der Waals surface area (Å²) in [5.74, 6) is -0.0695. The number of halogens is 1. The Kier molecular flexibility index (Phi) is 4.00. The van der Waals surface area contributed by atoms with Crippen LogP contribution in [-0.4, -0.2) is 26.2 Å². The van der Waals surface area contributed by atoms with Gasteiger partial charge >= 0.3 is 5.97 Å². The van der Waals surface area contributed by atoms with E-state index < -0.39 is 5.97 Å². The number of rotatable bonds is 4. The van der Waals surface area contributed by atoms with Crippen molar-refractivity contribution in [1.82, 2.24) is 15.1 Å². The van der Waals surface area contributed by atoms with Crippen molar-refractivity contribution in [2.24, 2.45) is 5.92 Å². The summed E-state index contributed by atoms with van der Waals surface area (Å²) in [7, 11) is 0. The Morgan fingerprint density at radius 2 is 2.12 bits per heavy atom. The minimum Gasteiger partial charge on any atom is -0.481 e. The summed E-state index contributed by atoms with van der Waals surface area (Å²) in [6, 6.07) is 7.60. The second-order valence-corrected chi connectivity index (χ2v) is 6.98. The second-order valence-electron chi connectivity index (χ2n) is 6.58. The number of pyridine rings is 1. The van der Waals surface area contributed by atoms with Crippen LogP contribution in [0.5, 0.6) is 0 Å². The van der Waals surface area contributed by atoms with Crippen molar-refractivity contribution in [3.05, 3.63) is 52.3 Å². The van der Waals surface area contributed by atoms with Gasteiger partial charge in [-0.1, -0.05) is 35.0 Å². The van der Waals surface area contributed by atoms with Crippen LogP contribution in [0, 0.1) is 19.8 Å². The van der Waals surface area contributed by atoms with Crippen LogP contribution in [0.3, 0.4) is 0 Å². The molecule has 0 spiro atoms. The molecule has 7 heteroatoms. The highest BCUT2D eigenvalue weighted by Crippen LogP contribution is 2.48. The van der Waals surface area contributed by atoms with E-state index in [0.717, 1.165) is 22.4 Å². The van der Waals surface area contributed by atoms with Gasteiger partial charge in [-0.25, -0.2) is 0 Å². The smallest absolute Gasteiger partial charge is 0.307 e. The van der Waals surface area contributed by atoms with E-state index in [1.165, 1.54) is 0 Å². The van der Waals surface area contributed by atoms with Gasteiger partial charge in [0.05, 0.1) is 22.2 Å². The van der Waals surface area contributed by atoms with Gasteiger partial charge in [0, 0.05) is 11.8 Å². The minimum absolute atomic E-state index is 0.0989. The summed E-state index contributed by atoms with van der Waals surface area (Å²) < 4.78 is 5.36. The van der Waals surface area contributed by atoms with Crippen LogP contribution in [0.1, 0.15) is 29.2 Å². The Bertz CT molecular complexity index is 1020. The molecule has 2 aromatic heterocycles. The molecule has 1 unspecified atom stereocenters. The zero-order chi connectivity index (χ0) is 18.4. The van der Waals surface area contributed by atoms with Gasteiger partial charge in [0.2, 0.25) is 5.82 Å². The quantitative estimate of drug-likeness (QED) is 0.739. The van der Waals surface area contributed by atoms with Gasteiger partial charge in [-0.3, -0.25) is 9.78 Å². The SMILES string of the molecule is Cc1cc(C2C[C@@H]2C(=O)O)ccc1-c1noc(-c2cnc(C)c(Cl)c2)n1. The van der Waals surface area contributed by atoms with Gasteiger partial charge < -0.3 is 9.63 Å². The maximum atomic E-state index is 11.1. The fourth-order valence-electron chi connectivity index (χ4n) is 3.08. The van der Waals surface area contributed by atoms with Crippen LogP contribution < -0.4 is 0 Å². The third-order valence-electron chi connectivity index (χ3n) is 4.73. The standard InChI is InChI=1S/C19H16ClN3O3/c1-9-5-11(14-7-15(14)19(24)25)3-4-13(9)17-22-18(26-23-17)12-6-16(20)10(2)21-8-12/h3-6,8,14-15H,7H2,1-2H3,(H,24,25)/t14?,15-/m0/s1. The molecule has 1 N–H and O–H groups in total. The molecule has 1 aliphatic carbocycles. The molecule has 2 heterocycles. The largest absolute Gasteiger partial charge is 0.481 e. The highest BCUT2D eigenvalue weighted by Gasteiger charge is 2.44. The van der Waals surface area contributed by atoms with E-state index >= 15 is 0 Å². The number of hydrogen-bond donors (Lipinski definition) is 1. The molecule has 0 radical (unpaired) electrons. The zero-order valence-corrected chi connectivity index (χ0v) is 15.0. The lowest BCUT2D eigenvalue weighted by atomic mass is 10.0. The lowest BCUT2D eigenvalue weighted by Crippen LogP contribution is -1.99. The summed E-state index contributed by atoms with van der Waals surface area (Å²) in [5.41, 5.74) is 4.27. The minimum atomic E-state index is -0.732. The lowest BCUT2D eigenvalue weighted by Gasteiger charge is -2.05. The van der Waals surface area contributed by atoms with Crippen LogP contribution in [0.4, 0.5) is 0 Å². The molecular formula is C19H16ClN3O3. The van der Waals surface area contributed by atoms with E-state index in [1.54, 1.807) is 12.3 Å². The van der Waals surface area contributed by atoms with Crippen molar-refractivity contribution in [3.63, 3.8) is 0 Å². The van der Waals surface area contributed by atoms with E-state index in [-0.39, 0.29) is 11.8 Å². The summed E-state index contributed by atoms with van der Waals surface area (Å²) in [5, 5.41) is 13.7. The first-order valence-corrected chi connectivity index (χ1v) is 8.62. The topological polar surface area (TPSA) is 89.1 Å². The van der Waals surface area contributed by atoms with Crippen LogP contribution >= 0.6 is 11.6 Å². The molecule has 1 saturated carbocycles. The lowest BCUT2D eigenvalue weighted by molar-refractivity contribution is -0.138. The summed E-state index contributed by atoms with van der Waals surface area (Å²) in [6.07, 6.45) is 2.34. The first-order chi connectivity index (χ1) is 12.4. The first-order valence-electron chi connectivity index (χ1n) is 8.24. The van der Waals surface area contributed by atoms with Crippen molar-refractivity contribution in [2.75, 3.05) is 0 Å². The number of benzene rings is 1. The molecule has 0 amide bonds. The van der Waals surface area contributed by atoms with E-state index in [2.05, 4.69) is 15.1 Å². The maximum absolute atomic E-state index is 11.1. The van der Waals surface area contributed by atoms with Crippen LogP contribution in [-0.2, 0) is 4.79 Å². The number of carboxylic acid groups (broad SMARTS) is 1. The zero-order valence-electron chi connectivity index (χ0n) is 14.2. The van der Waals surface area contributed by atoms with Gasteiger partial charge in [-0.05, 0) is 43.4 Å². The third kappa shape index (κ3) is 2.97. The Hall–Kier alpha value is -2.73. The molecule has 26 heavy (non-hydrogen) atoms. The summed E-state index contributed by atoms with van der Waals surface area (Å²) >= 11 is 6.11. The summed E-state index contributed by atoms with van der Waals surface area (Å²) in [6.45, 7) is 3.78.